The fourth-order valence-electron chi connectivity index (χ4n) is 1.02. The Morgan fingerprint density at radius 2 is 2.17 bits per heavy atom. The summed E-state index contributed by atoms with van der Waals surface area (Å²) in [5, 5.41) is 0. The van der Waals surface area contributed by atoms with Gasteiger partial charge in [-0.1, -0.05) is 19.8 Å². The van der Waals surface area contributed by atoms with Crippen LogP contribution in [0.1, 0.15) is 32.6 Å². The molecule has 0 fully saturated rings. The lowest BCUT2D eigenvalue weighted by Gasteiger charge is -2.02. The highest BCUT2D eigenvalue weighted by molar-refractivity contribution is 7.99. The topological polar surface area (TPSA) is 0 Å². The van der Waals surface area contributed by atoms with E-state index >= 15 is 0 Å². The molecule has 0 amide bonds. The maximum atomic E-state index is 5.27. The van der Waals surface area contributed by atoms with Gasteiger partial charge in [-0.15, -0.1) is 12.3 Å². The van der Waals surface area contributed by atoms with Crippen LogP contribution in [-0.2, 0) is 0 Å². The fraction of sp³-hybridized carbons (Fsp3) is 0.727. The third-order valence-corrected chi connectivity index (χ3v) is 2.72. The van der Waals surface area contributed by atoms with Crippen LogP contribution in [0.15, 0.2) is 0 Å². The monoisotopic (exact) mass is 183 g/mol. The first-order valence-electron chi connectivity index (χ1n) is 4.64. The number of terminal acetylenes is 1. The van der Waals surface area contributed by atoms with Crippen molar-refractivity contribution in [2.45, 2.75) is 32.6 Å². The van der Waals surface area contributed by atoms with Gasteiger partial charge in [0.15, 0.2) is 0 Å². The van der Waals surface area contributed by atoms with Crippen LogP contribution < -0.4 is 0 Å². The smallest absolute Gasteiger partial charge is 0.0171 e. The Labute approximate surface area is 81.5 Å². The van der Waals surface area contributed by atoms with E-state index in [1.165, 1.54) is 31.4 Å². The number of thioether (sulfide) groups is 1. The highest BCUT2D eigenvalue weighted by atomic mass is 32.2. The lowest BCUT2D eigenvalue weighted by molar-refractivity contribution is 0.590. The van der Waals surface area contributed by atoms with Crippen LogP contribution in [-0.4, -0.2) is 11.5 Å². The van der Waals surface area contributed by atoms with E-state index < -0.39 is 0 Å². The summed E-state index contributed by atoms with van der Waals surface area (Å²) in [6, 6.07) is 0. The molecule has 0 saturated carbocycles. The van der Waals surface area contributed by atoms with Crippen LogP contribution >= 0.6 is 11.8 Å². The van der Waals surface area contributed by atoms with Crippen molar-refractivity contribution >= 4 is 11.8 Å². The van der Waals surface area contributed by atoms with Gasteiger partial charge in [-0.2, -0.15) is 11.8 Å². The molecule has 0 nitrogen and oxygen atoms in total. The lowest BCUT2D eigenvalue weighted by Crippen LogP contribution is -1.90. The van der Waals surface area contributed by atoms with Gasteiger partial charge in [0.25, 0.3) is 0 Å². The van der Waals surface area contributed by atoms with E-state index in [9.17, 15) is 0 Å². The Hall–Kier alpha value is -0.0900. The van der Waals surface area contributed by atoms with Crippen molar-refractivity contribution in [3.63, 3.8) is 0 Å². The first-order chi connectivity index (χ1) is 5.81. The quantitative estimate of drug-likeness (QED) is 0.431. The standard InChI is InChI=1S/C11H19S/c1-4-11(3)9-7-6-8-10-12-5-2/h1,11H,2,5-10H2,3H3. The molecule has 0 aromatic heterocycles. The lowest BCUT2D eigenvalue weighted by atomic mass is 10.0. The van der Waals surface area contributed by atoms with Crippen LogP contribution in [0.3, 0.4) is 0 Å². The minimum Gasteiger partial charge on any atom is -0.162 e. The van der Waals surface area contributed by atoms with E-state index in [2.05, 4.69) is 19.8 Å². The Kier molecular flexibility index (Phi) is 8.93. The van der Waals surface area contributed by atoms with Crippen molar-refractivity contribution in [2.24, 2.45) is 5.92 Å². The van der Waals surface area contributed by atoms with Crippen LogP contribution in [0, 0.1) is 25.2 Å². The third kappa shape index (κ3) is 8.01. The van der Waals surface area contributed by atoms with Crippen molar-refractivity contribution < 1.29 is 0 Å². The molecule has 0 aromatic rings. The van der Waals surface area contributed by atoms with Crippen LogP contribution in [0.2, 0.25) is 0 Å². The van der Waals surface area contributed by atoms with Gasteiger partial charge in [0.1, 0.15) is 0 Å². The summed E-state index contributed by atoms with van der Waals surface area (Å²) in [5.74, 6) is 5.47. The van der Waals surface area contributed by atoms with Crippen molar-refractivity contribution in [1.29, 1.82) is 0 Å². The fourth-order valence-corrected chi connectivity index (χ4v) is 1.63. The molecule has 1 atom stereocenters. The molecule has 0 bridgehead atoms. The summed E-state index contributed by atoms with van der Waals surface area (Å²) in [4.78, 5) is 0. The molecule has 12 heavy (non-hydrogen) atoms. The molecule has 0 heterocycles. The summed E-state index contributed by atoms with van der Waals surface area (Å²) in [6.07, 6.45) is 10.4. The maximum Gasteiger partial charge on any atom is 0.0171 e. The Balaban J connectivity index is 2.96. The summed E-state index contributed by atoms with van der Waals surface area (Å²) in [6.45, 7) is 5.90. The van der Waals surface area contributed by atoms with Crippen molar-refractivity contribution in [1.82, 2.24) is 0 Å². The predicted octanol–water partition coefficient (Wildman–Crippen LogP) is 3.38. The molecule has 0 aliphatic carbocycles. The third-order valence-electron chi connectivity index (χ3n) is 1.85. The van der Waals surface area contributed by atoms with E-state index in [1.54, 1.807) is 0 Å². The molecule has 0 aromatic carbocycles. The molecule has 0 aliphatic rings. The van der Waals surface area contributed by atoms with E-state index in [4.69, 9.17) is 6.42 Å². The van der Waals surface area contributed by atoms with Gasteiger partial charge in [-0.3, -0.25) is 0 Å². The second-order valence-corrected chi connectivity index (χ2v) is 4.25. The molecule has 0 saturated heterocycles. The van der Waals surface area contributed by atoms with Crippen molar-refractivity contribution in [2.75, 3.05) is 11.5 Å². The molecule has 0 N–H and O–H groups in total. The molecular formula is C11H19S. The Bertz CT molecular complexity index is 123. The number of hydrogen-bond acceptors (Lipinski definition) is 1. The van der Waals surface area contributed by atoms with E-state index in [1.807, 2.05) is 11.8 Å². The van der Waals surface area contributed by atoms with Crippen LogP contribution in [0.5, 0.6) is 0 Å². The normalized spacial score (nSPS) is 12.4. The zero-order chi connectivity index (χ0) is 9.23. The average molecular weight is 183 g/mol. The number of unbranched alkanes of at least 4 members (excludes halogenated alkanes) is 2. The Morgan fingerprint density at radius 3 is 2.75 bits per heavy atom. The minimum atomic E-state index is 0.463. The van der Waals surface area contributed by atoms with Gasteiger partial charge in [0.05, 0.1) is 0 Å². The zero-order valence-electron chi connectivity index (χ0n) is 8.01. The molecule has 69 valence electrons. The highest BCUT2D eigenvalue weighted by Crippen LogP contribution is 2.10. The Morgan fingerprint density at radius 1 is 1.42 bits per heavy atom. The van der Waals surface area contributed by atoms with Crippen molar-refractivity contribution in [3.8, 4) is 12.3 Å². The van der Waals surface area contributed by atoms with Gasteiger partial charge >= 0.3 is 0 Å². The van der Waals surface area contributed by atoms with Gasteiger partial charge in [-0.05, 0) is 31.3 Å². The van der Waals surface area contributed by atoms with Crippen LogP contribution in [0.4, 0.5) is 0 Å². The molecule has 1 radical (unpaired) electrons. The molecular weight excluding hydrogens is 164 g/mol. The molecule has 1 unspecified atom stereocenters. The molecule has 0 aliphatic heterocycles. The number of hydrogen-bond donors (Lipinski definition) is 0. The second kappa shape index (κ2) is 9.00. The summed E-state index contributed by atoms with van der Waals surface area (Å²) in [5.41, 5.74) is 0. The van der Waals surface area contributed by atoms with Crippen molar-refractivity contribution in [3.05, 3.63) is 6.92 Å². The first-order valence-corrected chi connectivity index (χ1v) is 5.79. The second-order valence-electron chi connectivity index (χ2n) is 3.03. The minimum absolute atomic E-state index is 0.463. The summed E-state index contributed by atoms with van der Waals surface area (Å²) >= 11 is 1.92. The summed E-state index contributed by atoms with van der Waals surface area (Å²) < 4.78 is 0. The zero-order valence-corrected chi connectivity index (χ0v) is 8.83. The maximum absolute atomic E-state index is 5.27. The van der Waals surface area contributed by atoms with Gasteiger partial charge in [-0.25, -0.2) is 0 Å². The largest absolute Gasteiger partial charge is 0.162 e. The highest BCUT2D eigenvalue weighted by Gasteiger charge is 1.95. The van der Waals surface area contributed by atoms with E-state index in [-0.39, 0.29) is 0 Å². The van der Waals surface area contributed by atoms with Crippen LogP contribution in [0.25, 0.3) is 0 Å². The van der Waals surface area contributed by atoms with Gasteiger partial charge < -0.3 is 0 Å². The van der Waals surface area contributed by atoms with Gasteiger partial charge in [0, 0.05) is 5.92 Å². The first kappa shape index (κ1) is 11.9. The number of rotatable bonds is 7. The van der Waals surface area contributed by atoms with E-state index in [0.29, 0.717) is 5.92 Å². The average Bonchev–Trinajstić information content (AvgIpc) is 2.10. The SMILES string of the molecule is C#CC(C)CCCCCSC[CH2]. The molecule has 1 heteroatoms. The van der Waals surface area contributed by atoms with Gasteiger partial charge in [0.2, 0.25) is 0 Å². The predicted molar refractivity (Wildman–Crippen MR) is 59.1 cm³/mol. The summed E-state index contributed by atoms with van der Waals surface area (Å²) in [7, 11) is 0. The van der Waals surface area contributed by atoms with E-state index in [0.717, 1.165) is 5.75 Å². The molecule has 0 spiro atoms. The molecule has 0 rings (SSSR count).